The predicted octanol–water partition coefficient (Wildman–Crippen LogP) is 6.18. The summed E-state index contributed by atoms with van der Waals surface area (Å²) in [5.74, 6) is 0.650. The SMILES string of the molecule is COc1cc2c(cc1OC)CN(CCc1ccc(NC(=O)c3ccccc3-c3nc4ccccc4cc3C(N)=O)c(C)c1)CC2. The van der Waals surface area contributed by atoms with Crippen LogP contribution in [0.25, 0.3) is 22.2 Å². The average molecular weight is 601 g/mol. The van der Waals surface area contributed by atoms with Crippen molar-refractivity contribution in [2.75, 3.05) is 32.6 Å². The molecule has 1 aliphatic rings. The Morgan fingerprint density at radius 3 is 2.38 bits per heavy atom. The maximum absolute atomic E-state index is 13.6. The molecule has 8 heteroatoms. The molecule has 1 aliphatic heterocycles. The molecule has 5 aromatic rings. The zero-order chi connectivity index (χ0) is 31.5. The molecule has 45 heavy (non-hydrogen) atoms. The molecule has 0 atom stereocenters. The summed E-state index contributed by atoms with van der Waals surface area (Å²) in [4.78, 5) is 33.2. The van der Waals surface area contributed by atoms with Crippen molar-refractivity contribution in [3.63, 3.8) is 0 Å². The first-order chi connectivity index (χ1) is 21.8. The first-order valence-corrected chi connectivity index (χ1v) is 15.0. The van der Waals surface area contributed by atoms with Crippen LogP contribution in [0.15, 0.2) is 84.9 Å². The maximum atomic E-state index is 13.6. The van der Waals surface area contributed by atoms with E-state index in [0.29, 0.717) is 22.3 Å². The molecule has 0 spiro atoms. The van der Waals surface area contributed by atoms with Crippen molar-refractivity contribution in [3.8, 4) is 22.8 Å². The van der Waals surface area contributed by atoms with Crippen LogP contribution in [0.5, 0.6) is 11.5 Å². The number of anilines is 1. The average Bonchev–Trinajstić information content (AvgIpc) is 3.06. The number of rotatable bonds is 9. The fourth-order valence-electron chi connectivity index (χ4n) is 6.03. The minimum Gasteiger partial charge on any atom is -0.493 e. The molecule has 228 valence electrons. The maximum Gasteiger partial charge on any atom is 0.256 e. The molecule has 3 N–H and O–H groups in total. The van der Waals surface area contributed by atoms with Gasteiger partial charge >= 0.3 is 0 Å². The van der Waals surface area contributed by atoms with Crippen molar-refractivity contribution >= 4 is 28.4 Å². The van der Waals surface area contributed by atoms with Gasteiger partial charge < -0.3 is 20.5 Å². The molecule has 0 saturated carbocycles. The van der Waals surface area contributed by atoms with E-state index in [2.05, 4.69) is 34.5 Å². The van der Waals surface area contributed by atoms with Gasteiger partial charge in [-0.2, -0.15) is 0 Å². The minimum absolute atomic E-state index is 0.269. The summed E-state index contributed by atoms with van der Waals surface area (Å²) in [6.07, 6.45) is 1.86. The van der Waals surface area contributed by atoms with Crippen molar-refractivity contribution in [2.45, 2.75) is 26.3 Å². The number of pyridine rings is 1. The van der Waals surface area contributed by atoms with Gasteiger partial charge in [0.2, 0.25) is 0 Å². The van der Waals surface area contributed by atoms with Crippen LogP contribution in [-0.2, 0) is 19.4 Å². The fourth-order valence-corrected chi connectivity index (χ4v) is 6.03. The summed E-state index contributed by atoms with van der Waals surface area (Å²) >= 11 is 0. The van der Waals surface area contributed by atoms with Crippen LogP contribution >= 0.6 is 0 Å². The van der Waals surface area contributed by atoms with Crippen LogP contribution in [0.2, 0.25) is 0 Å². The van der Waals surface area contributed by atoms with Gasteiger partial charge in [0.25, 0.3) is 11.8 Å². The number of ether oxygens (including phenoxy) is 2. The Labute approximate surface area is 262 Å². The van der Waals surface area contributed by atoms with Gasteiger partial charge in [-0.25, -0.2) is 4.98 Å². The third-order valence-electron chi connectivity index (χ3n) is 8.47. The van der Waals surface area contributed by atoms with E-state index >= 15 is 0 Å². The second kappa shape index (κ2) is 12.8. The van der Waals surface area contributed by atoms with Crippen molar-refractivity contribution in [1.29, 1.82) is 0 Å². The third kappa shape index (κ3) is 6.23. The summed E-state index contributed by atoms with van der Waals surface area (Å²) in [5, 5.41) is 3.88. The number of carbonyl (C=O) groups is 2. The number of benzene rings is 4. The van der Waals surface area contributed by atoms with Gasteiger partial charge in [-0.05, 0) is 78.4 Å². The molecule has 1 aromatic heterocycles. The molecule has 0 radical (unpaired) electrons. The topological polar surface area (TPSA) is 107 Å². The Balaban J connectivity index is 1.16. The van der Waals surface area contributed by atoms with Gasteiger partial charge in [0.1, 0.15) is 0 Å². The second-order valence-corrected chi connectivity index (χ2v) is 11.3. The van der Waals surface area contributed by atoms with E-state index in [1.54, 1.807) is 38.5 Å². The Hall–Kier alpha value is -5.21. The molecule has 0 aliphatic carbocycles. The van der Waals surface area contributed by atoms with Gasteiger partial charge in [0.05, 0.1) is 31.0 Å². The highest BCUT2D eigenvalue weighted by atomic mass is 16.5. The Morgan fingerprint density at radius 2 is 1.62 bits per heavy atom. The number of methoxy groups -OCH3 is 2. The van der Waals surface area contributed by atoms with Crippen LogP contribution in [0.3, 0.4) is 0 Å². The number of nitrogens with two attached hydrogens (primary N) is 1. The molecular formula is C37H36N4O4. The first-order valence-electron chi connectivity index (χ1n) is 15.0. The van der Waals surface area contributed by atoms with Crippen LogP contribution in [0.4, 0.5) is 5.69 Å². The van der Waals surface area contributed by atoms with Gasteiger partial charge in [-0.3, -0.25) is 14.5 Å². The molecular weight excluding hydrogens is 564 g/mol. The molecule has 6 rings (SSSR count). The fraction of sp³-hybridized carbons (Fsp3) is 0.216. The Kier molecular flexibility index (Phi) is 8.49. The largest absolute Gasteiger partial charge is 0.493 e. The molecule has 0 unspecified atom stereocenters. The van der Waals surface area contributed by atoms with Crippen molar-refractivity contribution in [3.05, 3.63) is 118 Å². The highest BCUT2D eigenvalue weighted by Gasteiger charge is 2.21. The van der Waals surface area contributed by atoms with E-state index < -0.39 is 5.91 Å². The van der Waals surface area contributed by atoms with Crippen molar-refractivity contribution < 1.29 is 19.1 Å². The lowest BCUT2D eigenvalue weighted by atomic mass is 9.97. The zero-order valence-corrected chi connectivity index (χ0v) is 25.7. The molecule has 0 saturated heterocycles. The van der Waals surface area contributed by atoms with Crippen molar-refractivity contribution in [2.24, 2.45) is 5.73 Å². The van der Waals surface area contributed by atoms with Gasteiger partial charge in [0.15, 0.2) is 11.5 Å². The number of aromatic nitrogens is 1. The number of para-hydroxylation sites is 1. The van der Waals surface area contributed by atoms with Crippen LogP contribution < -0.4 is 20.5 Å². The number of hydrogen-bond acceptors (Lipinski definition) is 6. The highest BCUT2D eigenvalue weighted by Crippen LogP contribution is 2.34. The predicted molar refractivity (Wildman–Crippen MR) is 177 cm³/mol. The highest BCUT2D eigenvalue weighted by molar-refractivity contribution is 6.11. The lowest BCUT2D eigenvalue weighted by Crippen LogP contribution is -2.32. The van der Waals surface area contributed by atoms with Crippen LogP contribution in [0, 0.1) is 6.92 Å². The monoisotopic (exact) mass is 600 g/mol. The van der Waals surface area contributed by atoms with E-state index in [1.807, 2.05) is 43.3 Å². The second-order valence-electron chi connectivity index (χ2n) is 11.3. The molecule has 2 heterocycles. The Bertz CT molecular complexity index is 1920. The molecule has 2 amide bonds. The zero-order valence-electron chi connectivity index (χ0n) is 25.7. The summed E-state index contributed by atoms with van der Waals surface area (Å²) < 4.78 is 11.0. The van der Waals surface area contributed by atoms with Crippen LogP contribution in [-0.4, -0.2) is 49.0 Å². The minimum atomic E-state index is -0.599. The number of carbonyl (C=O) groups excluding carboxylic acids is 2. The summed E-state index contributed by atoms with van der Waals surface area (Å²) in [7, 11) is 3.33. The van der Waals surface area contributed by atoms with E-state index in [9.17, 15) is 9.59 Å². The number of nitrogens with one attached hydrogen (secondary N) is 1. The van der Waals surface area contributed by atoms with Crippen LogP contribution in [0.1, 0.15) is 43.0 Å². The molecule has 0 bridgehead atoms. The third-order valence-corrected chi connectivity index (χ3v) is 8.47. The van der Waals surface area contributed by atoms with Gasteiger partial charge in [-0.1, -0.05) is 48.5 Å². The summed E-state index contributed by atoms with van der Waals surface area (Å²) in [6.45, 7) is 4.77. The Morgan fingerprint density at radius 1 is 0.889 bits per heavy atom. The van der Waals surface area contributed by atoms with Crippen molar-refractivity contribution in [1.82, 2.24) is 9.88 Å². The lowest BCUT2D eigenvalue weighted by Gasteiger charge is -2.29. The number of hydrogen-bond donors (Lipinski definition) is 2. The standard InChI is InChI=1S/C37H36N4O4/c1-23-18-24(14-16-41-17-15-25-20-33(44-2)34(45-3)21-27(25)22-41)12-13-31(23)40-37(43)29-10-6-5-9-28(29)35-30(36(38)42)19-26-8-4-7-11-32(26)39-35/h4-13,18-21H,14-17,22H2,1-3H3,(H2,38,42)(H,40,43). The number of primary amides is 1. The van der Waals surface area contributed by atoms with E-state index in [-0.39, 0.29) is 11.5 Å². The number of fused-ring (bicyclic) bond motifs is 2. The number of aryl methyl sites for hydroxylation is 1. The summed E-state index contributed by atoms with van der Waals surface area (Å²) in [5.41, 5.74) is 13.6. The van der Waals surface area contributed by atoms with E-state index in [1.165, 1.54) is 16.7 Å². The first kappa shape index (κ1) is 29.8. The normalized spacial score (nSPS) is 12.9. The molecule has 4 aromatic carbocycles. The summed E-state index contributed by atoms with van der Waals surface area (Å²) in [6, 6.07) is 26.7. The van der Waals surface area contributed by atoms with Gasteiger partial charge in [0, 0.05) is 41.8 Å². The smallest absolute Gasteiger partial charge is 0.256 e. The van der Waals surface area contributed by atoms with Gasteiger partial charge in [-0.15, -0.1) is 0 Å². The number of nitrogens with zero attached hydrogens (tertiary/aromatic N) is 2. The lowest BCUT2D eigenvalue weighted by molar-refractivity contribution is 0.0997. The van der Waals surface area contributed by atoms with E-state index in [0.717, 1.165) is 60.6 Å². The molecule has 8 nitrogen and oxygen atoms in total. The quantitative estimate of drug-likeness (QED) is 0.209. The molecule has 0 fully saturated rings. The number of amides is 2. The van der Waals surface area contributed by atoms with E-state index in [4.69, 9.17) is 20.2 Å².